The molecular formula is C12H15N3O4S2. The van der Waals surface area contributed by atoms with Gasteiger partial charge in [0.1, 0.15) is 4.88 Å². The van der Waals surface area contributed by atoms with Gasteiger partial charge in [-0.1, -0.05) is 0 Å². The maximum absolute atomic E-state index is 12.3. The summed E-state index contributed by atoms with van der Waals surface area (Å²) in [4.78, 5) is 11.4. The van der Waals surface area contributed by atoms with Gasteiger partial charge in [-0.05, 0) is 19.9 Å². The van der Waals surface area contributed by atoms with Crippen molar-refractivity contribution in [3.63, 3.8) is 0 Å². The molecule has 114 valence electrons. The van der Waals surface area contributed by atoms with Gasteiger partial charge in [0.25, 0.3) is 0 Å². The van der Waals surface area contributed by atoms with E-state index in [2.05, 4.69) is 9.82 Å². The number of carboxylic acid groups (broad SMARTS) is 1. The molecule has 2 rings (SSSR count). The highest BCUT2D eigenvalue weighted by molar-refractivity contribution is 7.89. The van der Waals surface area contributed by atoms with Crippen LogP contribution < -0.4 is 4.72 Å². The molecule has 0 aliphatic heterocycles. The average molecular weight is 329 g/mol. The van der Waals surface area contributed by atoms with E-state index in [4.69, 9.17) is 5.11 Å². The molecule has 0 amide bonds. The van der Waals surface area contributed by atoms with E-state index in [1.54, 1.807) is 24.9 Å². The SMILES string of the molecule is Cc1sc(C(=O)O)cc1S(=O)(=O)NCc1cnn(C)c1C. The van der Waals surface area contributed by atoms with Crippen LogP contribution in [0, 0.1) is 13.8 Å². The highest BCUT2D eigenvalue weighted by Crippen LogP contribution is 2.25. The smallest absolute Gasteiger partial charge is 0.345 e. The fourth-order valence-corrected chi connectivity index (χ4v) is 4.24. The minimum atomic E-state index is -3.75. The summed E-state index contributed by atoms with van der Waals surface area (Å²) in [5, 5.41) is 13.0. The van der Waals surface area contributed by atoms with Crippen molar-refractivity contribution in [2.24, 2.45) is 7.05 Å². The molecule has 2 aromatic rings. The number of aryl methyl sites for hydroxylation is 2. The molecule has 0 bridgehead atoms. The predicted molar refractivity (Wildman–Crippen MR) is 78.0 cm³/mol. The molecule has 0 radical (unpaired) electrons. The van der Waals surface area contributed by atoms with E-state index in [0.29, 0.717) is 4.88 Å². The first-order valence-electron chi connectivity index (χ1n) is 6.03. The molecule has 0 aromatic carbocycles. The lowest BCUT2D eigenvalue weighted by Crippen LogP contribution is -2.23. The monoisotopic (exact) mass is 329 g/mol. The number of nitrogens with one attached hydrogen (secondary N) is 1. The van der Waals surface area contributed by atoms with Gasteiger partial charge in [-0.15, -0.1) is 11.3 Å². The second-order valence-electron chi connectivity index (χ2n) is 4.54. The van der Waals surface area contributed by atoms with Crippen molar-refractivity contribution in [1.29, 1.82) is 0 Å². The third-order valence-electron chi connectivity index (χ3n) is 3.16. The second kappa shape index (κ2) is 5.58. The summed E-state index contributed by atoms with van der Waals surface area (Å²) >= 11 is 0.943. The Balaban J connectivity index is 2.23. The van der Waals surface area contributed by atoms with Crippen LogP contribution in [0.4, 0.5) is 0 Å². The largest absolute Gasteiger partial charge is 0.477 e. The summed E-state index contributed by atoms with van der Waals surface area (Å²) in [6.07, 6.45) is 1.60. The van der Waals surface area contributed by atoms with E-state index in [1.165, 1.54) is 6.07 Å². The molecule has 0 unspecified atom stereocenters. The number of sulfonamides is 1. The third kappa shape index (κ3) is 3.14. The Labute approximate surface area is 126 Å². The normalized spacial score (nSPS) is 11.8. The number of nitrogens with zero attached hydrogens (tertiary/aromatic N) is 2. The van der Waals surface area contributed by atoms with Crippen LogP contribution in [0.25, 0.3) is 0 Å². The van der Waals surface area contributed by atoms with Crippen LogP contribution >= 0.6 is 11.3 Å². The number of thiophene rings is 1. The molecule has 2 N–H and O–H groups in total. The van der Waals surface area contributed by atoms with Crippen LogP contribution in [0.5, 0.6) is 0 Å². The topological polar surface area (TPSA) is 101 Å². The van der Waals surface area contributed by atoms with Crippen molar-refractivity contribution in [3.05, 3.63) is 33.3 Å². The maximum Gasteiger partial charge on any atom is 0.345 e. The highest BCUT2D eigenvalue weighted by Gasteiger charge is 2.22. The molecule has 7 nitrogen and oxygen atoms in total. The molecule has 0 saturated heterocycles. The van der Waals surface area contributed by atoms with Crippen LogP contribution in [-0.2, 0) is 23.6 Å². The minimum absolute atomic E-state index is 0.00503. The molecule has 2 heterocycles. The number of aromatic nitrogens is 2. The van der Waals surface area contributed by atoms with Crippen LogP contribution in [0.3, 0.4) is 0 Å². The van der Waals surface area contributed by atoms with Crippen molar-refractivity contribution in [1.82, 2.24) is 14.5 Å². The molecule has 0 saturated carbocycles. The van der Waals surface area contributed by atoms with Gasteiger partial charge in [0.15, 0.2) is 0 Å². The van der Waals surface area contributed by atoms with Crippen molar-refractivity contribution < 1.29 is 18.3 Å². The third-order valence-corrected chi connectivity index (χ3v) is 5.86. The van der Waals surface area contributed by atoms with Crippen LogP contribution in [0.2, 0.25) is 0 Å². The zero-order valence-electron chi connectivity index (χ0n) is 11.7. The van der Waals surface area contributed by atoms with E-state index < -0.39 is 16.0 Å². The Hall–Kier alpha value is -1.71. The number of rotatable bonds is 5. The van der Waals surface area contributed by atoms with E-state index >= 15 is 0 Å². The molecule has 9 heteroatoms. The molecule has 0 fully saturated rings. The fourth-order valence-electron chi connectivity index (χ4n) is 1.81. The Morgan fingerprint density at radius 3 is 2.62 bits per heavy atom. The van der Waals surface area contributed by atoms with Crippen LogP contribution in [0.15, 0.2) is 17.2 Å². The van der Waals surface area contributed by atoms with E-state index in [-0.39, 0.29) is 16.3 Å². The molecule has 0 aliphatic rings. The van der Waals surface area contributed by atoms with Gasteiger partial charge in [0, 0.05) is 29.7 Å². The van der Waals surface area contributed by atoms with E-state index in [0.717, 1.165) is 22.6 Å². The first-order chi connectivity index (χ1) is 9.72. The standard InChI is InChI=1S/C12H15N3O4S2/c1-7-9(5-13-15(7)3)6-14-21(18,19)11-4-10(12(16)17)20-8(11)2/h4-5,14H,6H2,1-3H3,(H,16,17). The lowest BCUT2D eigenvalue weighted by Gasteiger charge is -2.06. The van der Waals surface area contributed by atoms with Gasteiger partial charge in [0.05, 0.1) is 11.1 Å². The minimum Gasteiger partial charge on any atom is -0.477 e. The molecule has 21 heavy (non-hydrogen) atoms. The molecule has 0 aliphatic carbocycles. The predicted octanol–water partition coefficient (Wildman–Crippen LogP) is 1.28. The second-order valence-corrected chi connectivity index (χ2v) is 7.53. The maximum atomic E-state index is 12.3. The Morgan fingerprint density at radius 1 is 1.48 bits per heavy atom. The number of aromatic carboxylic acids is 1. The van der Waals surface area contributed by atoms with Crippen molar-refractivity contribution >= 4 is 27.3 Å². The average Bonchev–Trinajstić information content (AvgIpc) is 2.93. The van der Waals surface area contributed by atoms with Gasteiger partial charge in [-0.25, -0.2) is 17.9 Å². The van der Waals surface area contributed by atoms with Gasteiger partial charge < -0.3 is 5.11 Å². The Morgan fingerprint density at radius 2 is 2.14 bits per heavy atom. The highest BCUT2D eigenvalue weighted by atomic mass is 32.2. The first-order valence-corrected chi connectivity index (χ1v) is 8.33. The molecular weight excluding hydrogens is 314 g/mol. The number of carbonyl (C=O) groups is 1. The first kappa shape index (κ1) is 15.7. The zero-order valence-corrected chi connectivity index (χ0v) is 13.4. The lowest BCUT2D eigenvalue weighted by molar-refractivity contribution is 0.0702. The van der Waals surface area contributed by atoms with Gasteiger partial charge >= 0.3 is 5.97 Å². The quantitative estimate of drug-likeness (QED) is 0.860. The van der Waals surface area contributed by atoms with Gasteiger partial charge in [0.2, 0.25) is 10.0 Å². The van der Waals surface area contributed by atoms with E-state index in [9.17, 15) is 13.2 Å². The Bertz CT molecular complexity index is 790. The summed E-state index contributed by atoms with van der Waals surface area (Å²) in [5.41, 5.74) is 1.64. The number of carboxylic acids is 1. The summed E-state index contributed by atoms with van der Waals surface area (Å²) in [7, 11) is -1.98. The van der Waals surface area contributed by atoms with Crippen LogP contribution in [0.1, 0.15) is 25.8 Å². The fraction of sp³-hybridized carbons (Fsp3) is 0.333. The van der Waals surface area contributed by atoms with E-state index in [1.807, 2.05) is 6.92 Å². The summed E-state index contributed by atoms with van der Waals surface area (Å²) in [5.74, 6) is -1.13. The number of hydrogen-bond acceptors (Lipinski definition) is 5. The van der Waals surface area contributed by atoms with Crippen LogP contribution in [-0.4, -0.2) is 29.3 Å². The molecule has 0 spiro atoms. The zero-order chi connectivity index (χ0) is 15.8. The van der Waals surface area contributed by atoms with Crippen molar-refractivity contribution in [2.45, 2.75) is 25.3 Å². The summed E-state index contributed by atoms with van der Waals surface area (Å²) in [6.45, 7) is 3.54. The summed E-state index contributed by atoms with van der Waals surface area (Å²) < 4.78 is 28.6. The lowest BCUT2D eigenvalue weighted by atomic mass is 10.3. The van der Waals surface area contributed by atoms with Crippen molar-refractivity contribution in [2.75, 3.05) is 0 Å². The Kier molecular flexibility index (Phi) is 4.17. The molecule has 2 aromatic heterocycles. The van der Waals surface area contributed by atoms with Gasteiger partial charge in [-0.2, -0.15) is 5.10 Å². The number of hydrogen-bond donors (Lipinski definition) is 2. The summed E-state index contributed by atoms with van der Waals surface area (Å²) in [6, 6.07) is 1.18. The molecule has 0 atom stereocenters. The van der Waals surface area contributed by atoms with Gasteiger partial charge in [-0.3, -0.25) is 4.68 Å². The van der Waals surface area contributed by atoms with Crippen molar-refractivity contribution in [3.8, 4) is 0 Å².